The third-order valence-corrected chi connectivity index (χ3v) is 3.21. The Hall–Kier alpha value is -2.07. The van der Waals surface area contributed by atoms with E-state index < -0.39 is 0 Å². The van der Waals surface area contributed by atoms with Gasteiger partial charge in [-0.3, -0.25) is 0 Å². The highest BCUT2D eigenvalue weighted by Gasteiger charge is 2.12. The van der Waals surface area contributed by atoms with Gasteiger partial charge in [0.15, 0.2) is 0 Å². The molecule has 0 amide bonds. The van der Waals surface area contributed by atoms with E-state index in [1.807, 2.05) is 36.5 Å². The molecule has 0 unspecified atom stereocenters. The van der Waals surface area contributed by atoms with Crippen LogP contribution in [0.15, 0.2) is 42.6 Å². The molecule has 0 saturated carbocycles. The number of aryl methyl sites for hydroxylation is 1. The van der Waals surface area contributed by atoms with Gasteiger partial charge < -0.3 is 15.4 Å². The number of hydrogen-bond acceptors (Lipinski definition) is 4. The Labute approximate surface area is 120 Å². The Balaban J connectivity index is 2.33. The lowest BCUT2D eigenvalue weighted by Crippen LogP contribution is -2.22. The predicted octanol–water partition coefficient (Wildman–Crippen LogP) is 2.89. The number of anilines is 2. The van der Waals surface area contributed by atoms with Crippen LogP contribution in [0.3, 0.4) is 0 Å². The van der Waals surface area contributed by atoms with E-state index >= 15 is 0 Å². The largest absolute Gasteiger partial charge is 0.497 e. The molecule has 0 aliphatic heterocycles. The lowest BCUT2D eigenvalue weighted by atomic mass is 10.2. The molecular weight excluding hydrogens is 250 g/mol. The van der Waals surface area contributed by atoms with Crippen LogP contribution in [0.4, 0.5) is 11.5 Å². The van der Waals surface area contributed by atoms with Crippen LogP contribution in [0.25, 0.3) is 0 Å². The van der Waals surface area contributed by atoms with E-state index in [-0.39, 0.29) is 0 Å². The third-order valence-electron chi connectivity index (χ3n) is 3.21. The zero-order valence-electron chi connectivity index (χ0n) is 12.0. The van der Waals surface area contributed by atoms with Crippen molar-refractivity contribution in [3.05, 3.63) is 48.2 Å². The predicted molar refractivity (Wildman–Crippen MR) is 82.6 cm³/mol. The van der Waals surface area contributed by atoms with E-state index in [0.717, 1.165) is 35.8 Å². The minimum atomic E-state index is 0.665. The van der Waals surface area contributed by atoms with Crippen molar-refractivity contribution in [3.63, 3.8) is 0 Å². The van der Waals surface area contributed by atoms with Crippen molar-refractivity contribution in [2.75, 3.05) is 25.1 Å². The topological polar surface area (TPSA) is 51.4 Å². The van der Waals surface area contributed by atoms with Crippen LogP contribution >= 0.6 is 0 Å². The number of nitrogens with two attached hydrogens (primary N) is 1. The van der Waals surface area contributed by atoms with Gasteiger partial charge in [-0.2, -0.15) is 0 Å². The van der Waals surface area contributed by atoms with Gasteiger partial charge in [-0.15, -0.1) is 0 Å². The molecule has 0 bridgehead atoms. The zero-order valence-corrected chi connectivity index (χ0v) is 12.0. The Morgan fingerprint density at radius 2 is 1.95 bits per heavy atom. The van der Waals surface area contributed by atoms with Crippen LogP contribution in [-0.4, -0.2) is 25.2 Å². The zero-order chi connectivity index (χ0) is 14.4. The van der Waals surface area contributed by atoms with Gasteiger partial charge in [-0.1, -0.05) is 6.07 Å². The van der Waals surface area contributed by atoms with E-state index in [0.29, 0.717) is 6.54 Å². The molecule has 0 spiro atoms. The molecule has 0 radical (unpaired) electrons. The van der Waals surface area contributed by atoms with Gasteiger partial charge >= 0.3 is 0 Å². The maximum absolute atomic E-state index is 5.65. The molecule has 2 N–H and O–H groups in total. The summed E-state index contributed by atoms with van der Waals surface area (Å²) in [5, 5.41) is 0. The first kappa shape index (κ1) is 14.3. The summed E-state index contributed by atoms with van der Waals surface area (Å²) in [4.78, 5) is 6.70. The third kappa shape index (κ3) is 3.27. The van der Waals surface area contributed by atoms with Gasteiger partial charge in [-0.05, 0) is 55.8 Å². The maximum atomic E-state index is 5.65. The highest BCUT2D eigenvalue weighted by molar-refractivity contribution is 5.63. The van der Waals surface area contributed by atoms with Crippen molar-refractivity contribution >= 4 is 11.5 Å². The fraction of sp³-hybridized carbons (Fsp3) is 0.312. The molecule has 2 aromatic rings. The van der Waals surface area contributed by atoms with Crippen LogP contribution in [0, 0.1) is 6.92 Å². The lowest BCUT2D eigenvalue weighted by Gasteiger charge is -2.25. The smallest absolute Gasteiger partial charge is 0.135 e. The Morgan fingerprint density at radius 1 is 1.20 bits per heavy atom. The monoisotopic (exact) mass is 271 g/mol. The summed E-state index contributed by atoms with van der Waals surface area (Å²) in [5.41, 5.74) is 7.90. The Bertz CT molecular complexity index is 540. The molecule has 2 rings (SSSR count). The molecule has 0 atom stereocenters. The van der Waals surface area contributed by atoms with Crippen LogP contribution in [0.1, 0.15) is 12.0 Å². The van der Waals surface area contributed by atoms with Crippen molar-refractivity contribution in [3.8, 4) is 5.75 Å². The summed E-state index contributed by atoms with van der Waals surface area (Å²) in [7, 11) is 1.67. The van der Waals surface area contributed by atoms with Crippen molar-refractivity contribution < 1.29 is 4.74 Å². The second-order valence-corrected chi connectivity index (χ2v) is 4.64. The molecule has 0 fully saturated rings. The quantitative estimate of drug-likeness (QED) is 0.877. The van der Waals surface area contributed by atoms with Crippen LogP contribution in [0.5, 0.6) is 5.75 Å². The van der Waals surface area contributed by atoms with Gasteiger partial charge in [0, 0.05) is 18.4 Å². The SMILES string of the molecule is COc1ccc(N(CCCN)c2ncccc2C)cc1. The second-order valence-electron chi connectivity index (χ2n) is 4.64. The summed E-state index contributed by atoms with van der Waals surface area (Å²) in [6, 6.07) is 12.0. The lowest BCUT2D eigenvalue weighted by molar-refractivity contribution is 0.415. The molecule has 4 nitrogen and oxygen atoms in total. The maximum Gasteiger partial charge on any atom is 0.135 e. The van der Waals surface area contributed by atoms with Gasteiger partial charge in [0.2, 0.25) is 0 Å². The Kier molecular flexibility index (Phi) is 4.96. The van der Waals surface area contributed by atoms with Gasteiger partial charge in [-0.25, -0.2) is 4.98 Å². The highest BCUT2D eigenvalue weighted by atomic mass is 16.5. The number of rotatable bonds is 6. The van der Waals surface area contributed by atoms with Crippen molar-refractivity contribution in [2.24, 2.45) is 5.73 Å². The summed E-state index contributed by atoms with van der Waals surface area (Å²) in [5.74, 6) is 1.83. The number of pyridine rings is 1. The molecule has 0 aliphatic rings. The van der Waals surface area contributed by atoms with Crippen molar-refractivity contribution in [2.45, 2.75) is 13.3 Å². The number of benzene rings is 1. The summed E-state index contributed by atoms with van der Waals surface area (Å²) >= 11 is 0. The van der Waals surface area contributed by atoms with Gasteiger partial charge in [0.25, 0.3) is 0 Å². The number of methoxy groups -OCH3 is 1. The van der Waals surface area contributed by atoms with E-state index in [1.54, 1.807) is 7.11 Å². The van der Waals surface area contributed by atoms with Gasteiger partial charge in [0.1, 0.15) is 11.6 Å². The summed E-state index contributed by atoms with van der Waals surface area (Å²) in [6.07, 6.45) is 2.74. The molecule has 1 aromatic heterocycles. The van der Waals surface area contributed by atoms with E-state index in [1.165, 1.54) is 0 Å². The first-order valence-electron chi connectivity index (χ1n) is 6.79. The van der Waals surface area contributed by atoms with Crippen molar-refractivity contribution in [1.82, 2.24) is 4.98 Å². The average Bonchev–Trinajstić information content (AvgIpc) is 2.50. The number of hydrogen-bond donors (Lipinski definition) is 1. The van der Waals surface area contributed by atoms with E-state index in [2.05, 4.69) is 22.9 Å². The molecular formula is C16H21N3O. The summed E-state index contributed by atoms with van der Waals surface area (Å²) < 4.78 is 5.21. The van der Waals surface area contributed by atoms with Crippen molar-refractivity contribution in [1.29, 1.82) is 0 Å². The number of aromatic nitrogens is 1. The minimum Gasteiger partial charge on any atom is -0.497 e. The van der Waals surface area contributed by atoms with Gasteiger partial charge in [0.05, 0.1) is 7.11 Å². The van der Waals surface area contributed by atoms with E-state index in [9.17, 15) is 0 Å². The minimum absolute atomic E-state index is 0.665. The molecule has 4 heteroatoms. The molecule has 106 valence electrons. The average molecular weight is 271 g/mol. The highest BCUT2D eigenvalue weighted by Crippen LogP contribution is 2.27. The first-order chi connectivity index (χ1) is 9.76. The fourth-order valence-electron chi connectivity index (χ4n) is 2.13. The molecule has 1 aromatic carbocycles. The number of ether oxygens (including phenoxy) is 1. The second kappa shape index (κ2) is 6.91. The summed E-state index contributed by atoms with van der Waals surface area (Å²) in [6.45, 7) is 3.58. The molecule has 1 heterocycles. The van der Waals surface area contributed by atoms with Crippen LogP contribution in [-0.2, 0) is 0 Å². The number of nitrogens with zero attached hydrogens (tertiary/aromatic N) is 2. The molecule has 0 aliphatic carbocycles. The Morgan fingerprint density at radius 3 is 2.55 bits per heavy atom. The van der Waals surface area contributed by atoms with Crippen LogP contribution < -0.4 is 15.4 Å². The molecule has 20 heavy (non-hydrogen) atoms. The van der Waals surface area contributed by atoms with E-state index in [4.69, 9.17) is 10.5 Å². The standard InChI is InChI=1S/C16H21N3O/c1-13-5-3-11-18-16(13)19(12-4-10-17)14-6-8-15(20-2)9-7-14/h3,5-9,11H,4,10,12,17H2,1-2H3. The normalized spacial score (nSPS) is 10.3. The molecule has 0 saturated heterocycles. The fourth-order valence-corrected chi connectivity index (χ4v) is 2.13. The van der Waals surface area contributed by atoms with Crippen LogP contribution in [0.2, 0.25) is 0 Å². The first-order valence-corrected chi connectivity index (χ1v) is 6.79.